The van der Waals surface area contributed by atoms with Crippen molar-refractivity contribution in [2.75, 3.05) is 20.1 Å². The summed E-state index contributed by atoms with van der Waals surface area (Å²) in [6.07, 6.45) is 2.29. The van der Waals surface area contributed by atoms with Crippen molar-refractivity contribution < 1.29 is 4.79 Å². The van der Waals surface area contributed by atoms with Gasteiger partial charge in [-0.15, -0.1) is 0 Å². The molecule has 1 saturated heterocycles. The Morgan fingerprint density at radius 1 is 1.59 bits per heavy atom. The van der Waals surface area contributed by atoms with Crippen LogP contribution in [-0.2, 0) is 0 Å². The van der Waals surface area contributed by atoms with E-state index >= 15 is 0 Å². The Balaban J connectivity index is 1.91. The van der Waals surface area contributed by atoms with E-state index in [0.717, 1.165) is 13.0 Å². The normalized spacial score (nSPS) is 20.4. The van der Waals surface area contributed by atoms with Crippen LogP contribution in [0.1, 0.15) is 23.3 Å². The van der Waals surface area contributed by atoms with E-state index in [0.29, 0.717) is 18.3 Å². The third-order valence-electron chi connectivity index (χ3n) is 3.18. The number of carbonyl (C=O) groups excluding carboxylic acids is 1. The van der Waals surface area contributed by atoms with Crippen LogP contribution in [0.15, 0.2) is 23.0 Å². The molecule has 1 aliphatic rings. The average molecular weight is 235 g/mol. The van der Waals surface area contributed by atoms with Crippen LogP contribution in [0, 0.1) is 0 Å². The molecular formula is C12H17N3O2. The summed E-state index contributed by atoms with van der Waals surface area (Å²) in [5.41, 5.74) is 0.0637. The first-order chi connectivity index (χ1) is 8.16. The minimum atomic E-state index is -0.254. The van der Waals surface area contributed by atoms with Crippen molar-refractivity contribution in [2.45, 2.75) is 18.9 Å². The Morgan fingerprint density at radius 2 is 2.41 bits per heavy atom. The Morgan fingerprint density at radius 3 is 3.06 bits per heavy atom. The van der Waals surface area contributed by atoms with Gasteiger partial charge in [-0.3, -0.25) is 9.59 Å². The van der Waals surface area contributed by atoms with Crippen molar-refractivity contribution in [1.29, 1.82) is 0 Å². The third kappa shape index (κ3) is 2.94. The lowest BCUT2D eigenvalue weighted by Crippen LogP contribution is -2.38. The molecule has 1 unspecified atom stereocenters. The summed E-state index contributed by atoms with van der Waals surface area (Å²) in [6.45, 7) is 1.72. The molecule has 0 spiro atoms. The second kappa shape index (κ2) is 5.14. The first-order valence-corrected chi connectivity index (χ1v) is 5.84. The van der Waals surface area contributed by atoms with Gasteiger partial charge in [-0.2, -0.15) is 0 Å². The number of hydrogen-bond donors (Lipinski definition) is 2. The van der Waals surface area contributed by atoms with E-state index < -0.39 is 0 Å². The molecule has 2 N–H and O–H groups in total. The Kier molecular flexibility index (Phi) is 3.58. The van der Waals surface area contributed by atoms with Crippen molar-refractivity contribution in [1.82, 2.24) is 15.2 Å². The number of hydrogen-bond acceptors (Lipinski definition) is 3. The summed E-state index contributed by atoms with van der Waals surface area (Å²) in [7, 11) is 2.06. The number of amides is 1. The summed E-state index contributed by atoms with van der Waals surface area (Å²) >= 11 is 0. The largest absolute Gasteiger partial charge is 0.349 e. The lowest BCUT2D eigenvalue weighted by molar-refractivity contribution is 0.0938. The van der Waals surface area contributed by atoms with Gasteiger partial charge in [0.2, 0.25) is 5.56 Å². The topological polar surface area (TPSA) is 65.2 Å². The summed E-state index contributed by atoms with van der Waals surface area (Å²) in [5, 5.41) is 2.85. The summed E-state index contributed by atoms with van der Waals surface area (Å²) in [6, 6.07) is 4.99. The predicted molar refractivity (Wildman–Crippen MR) is 65.0 cm³/mol. The van der Waals surface area contributed by atoms with Crippen LogP contribution in [0.3, 0.4) is 0 Å². The van der Waals surface area contributed by atoms with E-state index in [1.807, 2.05) is 0 Å². The van der Waals surface area contributed by atoms with Crippen LogP contribution < -0.4 is 10.9 Å². The quantitative estimate of drug-likeness (QED) is 0.786. The van der Waals surface area contributed by atoms with Crippen LogP contribution in [0.25, 0.3) is 0 Å². The second-order valence-electron chi connectivity index (χ2n) is 4.42. The van der Waals surface area contributed by atoms with E-state index in [-0.39, 0.29) is 11.5 Å². The Bertz CT molecular complexity index is 455. The molecule has 1 amide bonds. The highest BCUT2D eigenvalue weighted by Crippen LogP contribution is 2.13. The molecule has 1 aliphatic heterocycles. The summed E-state index contributed by atoms with van der Waals surface area (Å²) in [4.78, 5) is 27.6. The van der Waals surface area contributed by atoms with Crippen molar-refractivity contribution >= 4 is 5.91 Å². The zero-order chi connectivity index (χ0) is 12.3. The van der Waals surface area contributed by atoms with Crippen LogP contribution in [0.5, 0.6) is 0 Å². The molecule has 2 heterocycles. The van der Waals surface area contributed by atoms with Gasteiger partial charge in [0.15, 0.2) is 0 Å². The molecular weight excluding hydrogens is 218 g/mol. The lowest BCUT2D eigenvalue weighted by atomic mass is 10.2. The minimum Gasteiger partial charge on any atom is -0.349 e. The van der Waals surface area contributed by atoms with Crippen molar-refractivity contribution in [3.8, 4) is 0 Å². The van der Waals surface area contributed by atoms with Crippen molar-refractivity contribution in [3.05, 3.63) is 34.2 Å². The first-order valence-electron chi connectivity index (χ1n) is 5.84. The van der Waals surface area contributed by atoms with Gasteiger partial charge >= 0.3 is 0 Å². The van der Waals surface area contributed by atoms with E-state index in [2.05, 4.69) is 22.2 Å². The zero-order valence-electron chi connectivity index (χ0n) is 9.90. The number of likely N-dealkylation sites (N-methyl/N-ethyl adjacent to an activating group) is 1. The summed E-state index contributed by atoms with van der Waals surface area (Å²) < 4.78 is 0. The number of nitrogens with one attached hydrogen (secondary N) is 2. The summed E-state index contributed by atoms with van der Waals surface area (Å²) in [5.74, 6) is -0.219. The molecule has 1 atom stereocenters. The van der Waals surface area contributed by atoms with Crippen LogP contribution in [0.4, 0.5) is 0 Å². The first kappa shape index (κ1) is 11.9. The smallest absolute Gasteiger partial charge is 0.267 e. The average Bonchev–Trinajstić information content (AvgIpc) is 2.72. The fourth-order valence-corrected chi connectivity index (χ4v) is 2.12. The third-order valence-corrected chi connectivity index (χ3v) is 3.18. The molecule has 1 fully saturated rings. The highest BCUT2D eigenvalue weighted by molar-refractivity contribution is 5.92. The van der Waals surface area contributed by atoms with E-state index in [1.165, 1.54) is 12.5 Å². The highest BCUT2D eigenvalue weighted by Gasteiger charge is 2.21. The monoisotopic (exact) mass is 235 g/mol. The molecule has 5 heteroatoms. The molecule has 0 aliphatic carbocycles. The molecule has 1 aromatic rings. The number of carbonyl (C=O) groups is 1. The van der Waals surface area contributed by atoms with Crippen LogP contribution in [0.2, 0.25) is 0 Å². The van der Waals surface area contributed by atoms with Crippen molar-refractivity contribution in [2.24, 2.45) is 0 Å². The van der Waals surface area contributed by atoms with Gasteiger partial charge in [-0.25, -0.2) is 0 Å². The molecule has 5 nitrogen and oxygen atoms in total. The van der Waals surface area contributed by atoms with E-state index in [1.54, 1.807) is 12.1 Å². The van der Waals surface area contributed by atoms with E-state index in [9.17, 15) is 9.59 Å². The van der Waals surface area contributed by atoms with Gasteiger partial charge in [-0.1, -0.05) is 6.07 Å². The van der Waals surface area contributed by atoms with Gasteiger partial charge in [0.05, 0.1) is 0 Å². The second-order valence-corrected chi connectivity index (χ2v) is 4.42. The standard InChI is InChI=1S/C12H17N3O2/c1-15-7-3-4-9(15)8-13-12(17)10-5-2-6-11(16)14-10/h2,5-6,9H,3-4,7-8H2,1H3,(H,13,17)(H,14,16). The number of H-pyrrole nitrogens is 1. The number of nitrogens with zero attached hydrogens (tertiary/aromatic N) is 1. The number of likely N-dealkylation sites (tertiary alicyclic amines) is 1. The molecule has 0 bridgehead atoms. The SMILES string of the molecule is CN1CCCC1CNC(=O)c1cccc(=O)[nH]1. The van der Waals surface area contributed by atoms with Crippen LogP contribution >= 0.6 is 0 Å². The number of aromatic amines is 1. The van der Waals surface area contributed by atoms with Gasteiger partial charge < -0.3 is 15.2 Å². The molecule has 2 rings (SSSR count). The lowest BCUT2D eigenvalue weighted by Gasteiger charge is -2.19. The molecule has 0 saturated carbocycles. The van der Waals surface area contributed by atoms with Crippen LogP contribution in [-0.4, -0.2) is 42.0 Å². The van der Waals surface area contributed by atoms with Gasteiger partial charge in [0.25, 0.3) is 5.91 Å². The van der Waals surface area contributed by atoms with Crippen molar-refractivity contribution in [3.63, 3.8) is 0 Å². The minimum absolute atomic E-state index is 0.219. The maximum Gasteiger partial charge on any atom is 0.267 e. The molecule has 0 radical (unpaired) electrons. The molecule has 0 aromatic carbocycles. The maximum atomic E-state index is 11.8. The zero-order valence-corrected chi connectivity index (χ0v) is 9.90. The number of pyridine rings is 1. The fourth-order valence-electron chi connectivity index (χ4n) is 2.12. The van der Waals surface area contributed by atoms with E-state index in [4.69, 9.17) is 0 Å². The predicted octanol–water partition coefficient (Wildman–Crippen LogP) is 0.199. The molecule has 92 valence electrons. The maximum absolute atomic E-state index is 11.8. The highest BCUT2D eigenvalue weighted by atomic mass is 16.2. The Labute approximate surface area is 99.8 Å². The number of aromatic nitrogens is 1. The number of rotatable bonds is 3. The van der Waals surface area contributed by atoms with Gasteiger partial charge in [0, 0.05) is 18.7 Å². The Hall–Kier alpha value is -1.62. The fraction of sp³-hybridized carbons (Fsp3) is 0.500. The van der Waals surface area contributed by atoms with Gasteiger partial charge in [0.1, 0.15) is 5.69 Å². The molecule has 17 heavy (non-hydrogen) atoms. The molecule has 1 aromatic heterocycles. The van der Waals surface area contributed by atoms with Gasteiger partial charge in [-0.05, 0) is 32.5 Å².